The maximum Gasteiger partial charge on any atom is 0.267 e. The van der Waals surface area contributed by atoms with Crippen LogP contribution in [0.1, 0.15) is 62.3 Å². The van der Waals surface area contributed by atoms with E-state index in [9.17, 15) is 9.59 Å². The van der Waals surface area contributed by atoms with Crippen LogP contribution in [0.5, 0.6) is 0 Å². The molecule has 35 heavy (non-hydrogen) atoms. The summed E-state index contributed by atoms with van der Waals surface area (Å²) in [5.41, 5.74) is 1.51. The minimum atomic E-state index is -0.248. The summed E-state index contributed by atoms with van der Waals surface area (Å²) in [6.07, 6.45) is 11.7. The molecule has 9 heteroatoms. The van der Waals surface area contributed by atoms with Gasteiger partial charge >= 0.3 is 0 Å². The first kappa shape index (κ1) is 25.2. The Kier molecular flexibility index (Phi) is 8.41. The van der Waals surface area contributed by atoms with Gasteiger partial charge in [-0.15, -0.1) is 0 Å². The molecule has 1 fully saturated rings. The number of aromatic nitrogens is 2. The number of unbranched alkanes of at least 4 members (excludes halogenated alkanes) is 5. The van der Waals surface area contributed by atoms with Gasteiger partial charge in [0.25, 0.3) is 11.5 Å². The summed E-state index contributed by atoms with van der Waals surface area (Å²) in [4.78, 5) is 33.4. The van der Waals surface area contributed by atoms with Gasteiger partial charge in [-0.05, 0) is 43.2 Å². The normalized spacial score (nSPS) is 15.0. The zero-order valence-electron chi connectivity index (χ0n) is 20.1. The van der Waals surface area contributed by atoms with Gasteiger partial charge in [-0.2, -0.15) is 0 Å². The largest absolute Gasteiger partial charge is 0.467 e. The molecule has 4 heterocycles. The van der Waals surface area contributed by atoms with Crippen molar-refractivity contribution in [1.82, 2.24) is 14.3 Å². The van der Waals surface area contributed by atoms with Crippen molar-refractivity contribution in [1.29, 1.82) is 0 Å². The van der Waals surface area contributed by atoms with E-state index in [1.54, 1.807) is 29.5 Å². The van der Waals surface area contributed by atoms with Crippen LogP contribution in [0.25, 0.3) is 11.7 Å². The maximum atomic E-state index is 13.5. The van der Waals surface area contributed by atoms with Gasteiger partial charge < -0.3 is 9.73 Å². The van der Waals surface area contributed by atoms with E-state index in [2.05, 4.69) is 12.2 Å². The first-order valence-corrected chi connectivity index (χ1v) is 13.3. The Bertz CT molecular complexity index is 1300. The molecule has 1 aliphatic heterocycles. The molecule has 184 valence electrons. The minimum absolute atomic E-state index is 0.153. The molecule has 0 bridgehead atoms. The fourth-order valence-electron chi connectivity index (χ4n) is 4.03. The lowest BCUT2D eigenvalue weighted by molar-refractivity contribution is -0.122. The Morgan fingerprint density at radius 1 is 1.14 bits per heavy atom. The molecule has 1 saturated heterocycles. The summed E-state index contributed by atoms with van der Waals surface area (Å²) in [5.74, 6) is 0.967. The topological polar surface area (TPSA) is 79.8 Å². The monoisotopic (exact) mass is 510 g/mol. The Hall–Kier alpha value is -2.91. The molecule has 0 atom stereocenters. The van der Waals surface area contributed by atoms with E-state index in [0.29, 0.717) is 45.1 Å². The number of carbonyl (C=O) groups is 1. The number of pyridine rings is 1. The first-order valence-electron chi connectivity index (χ1n) is 12.0. The number of hydrogen-bond acceptors (Lipinski definition) is 7. The van der Waals surface area contributed by atoms with Crippen molar-refractivity contribution in [3.63, 3.8) is 0 Å². The Labute approximate surface area is 214 Å². The third-order valence-electron chi connectivity index (χ3n) is 5.98. The average Bonchev–Trinajstić information content (AvgIpc) is 3.46. The Morgan fingerprint density at radius 2 is 1.94 bits per heavy atom. The van der Waals surface area contributed by atoms with Crippen LogP contribution in [0, 0.1) is 6.92 Å². The molecule has 0 radical (unpaired) electrons. The summed E-state index contributed by atoms with van der Waals surface area (Å²) >= 11 is 6.73. The summed E-state index contributed by atoms with van der Waals surface area (Å²) in [6.45, 7) is 5.07. The molecule has 1 amide bonds. The average molecular weight is 511 g/mol. The quantitative estimate of drug-likeness (QED) is 0.199. The van der Waals surface area contributed by atoms with Crippen LogP contribution in [0.2, 0.25) is 0 Å². The lowest BCUT2D eigenvalue weighted by atomic mass is 10.1. The van der Waals surface area contributed by atoms with Gasteiger partial charge in [-0.25, -0.2) is 4.98 Å². The number of hydrogen-bond donors (Lipinski definition) is 1. The van der Waals surface area contributed by atoms with Crippen molar-refractivity contribution in [2.75, 3.05) is 11.9 Å². The molecule has 3 aromatic heterocycles. The summed E-state index contributed by atoms with van der Waals surface area (Å²) in [5, 5.41) is 3.22. The third-order valence-corrected chi connectivity index (χ3v) is 7.36. The molecule has 7 nitrogen and oxygen atoms in total. The molecular weight excluding hydrogens is 480 g/mol. The van der Waals surface area contributed by atoms with Gasteiger partial charge in [0.15, 0.2) is 0 Å². The SMILES string of the molecule is CCCCCCCCN1C(=O)C(=Cc2c(NCc3ccco3)nc3c(C)cccn3c2=O)SC1=S. The fourth-order valence-corrected chi connectivity index (χ4v) is 5.32. The first-order chi connectivity index (χ1) is 17.0. The maximum absolute atomic E-state index is 13.5. The Morgan fingerprint density at radius 3 is 2.71 bits per heavy atom. The molecule has 4 rings (SSSR count). The number of furan rings is 1. The summed E-state index contributed by atoms with van der Waals surface area (Å²) in [6, 6.07) is 7.37. The van der Waals surface area contributed by atoms with E-state index in [1.807, 2.05) is 25.1 Å². The predicted octanol–water partition coefficient (Wildman–Crippen LogP) is 5.77. The standard InChI is InChI=1S/C26H30N4O3S2/c1-3-4-5-6-7-8-13-30-25(32)21(35-26(30)34)16-20-22(27-17-19-12-10-15-33-19)28-23-18(2)11-9-14-29(23)24(20)31/h9-12,14-16,27H,3-8,13,17H2,1-2H3. The molecule has 0 aromatic carbocycles. The van der Waals surface area contributed by atoms with Gasteiger partial charge in [0.2, 0.25) is 0 Å². The van der Waals surface area contributed by atoms with Crippen molar-refractivity contribution < 1.29 is 9.21 Å². The third kappa shape index (κ3) is 5.85. The van der Waals surface area contributed by atoms with Crippen LogP contribution in [-0.2, 0) is 11.3 Å². The Balaban J connectivity index is 1.60. The second-order valence-electron chi connectivity index (χ2n) is 8.60. The number of rotatable bonds is 11. The van der Waals surface area contributed by atoms with Crippen molar-refractivity contribution in [3.05, 3.63) is 68.9 Å². The van der Waals surface area contributed by atoms with E-state index in [1.165, 1.54) is 41.8 Å². The number of fused-ring (bicyclic) bond motifs is 1. The van der Waals surface area contributed by atoms with Crippen LogP contribution in [0.4, 0.5) is 5.82 Å². The van der Waals surface area contributed by atoms with Crippen molar-refractivity contribution in [3.8, 4) is 0 Å². The number of carbonyl (C=O) groups excluding carboxylic acids is 1. The lowest BCUT2D eigenvalue weighted by Crippen LogP contribution is -2.29. The molecular formula is C26H30N4O3S2. The van der Waals surface area contributed by atoms with Gasteiger partial charge in [0.1, 0.15) is 21.5 Å². The molecule has 3 aromatic rings. The van der Waals surface area contributed by atoms with Gasteiger partial charge in [0.05, 0.1) is 23.3 Å². The number of nitrogens with one attached hydrogen (secondary N) is 1. The second kappa shape index (κ2) is 11.7. The highest BCUT2D eigenvalue weighted by molar-refractivity contribution is 8.26. The van der Waals surface area contributed by atoms with Crippen LogP contribution >= 0.6 is 24.0 Å². The van der Waals surface area contributed by atoms with E-state index < -0.39 is 0 Å². The minimum Gasteiger partial charge on any atom is -0.467 e. The van der Waals surface area contributed by atoms with Crippen LogP contribution in [-0.4, -0.2) is 31.1 Å². The molecule has 0 aliphatic carbocycles. The highest BCUT2D eigenvalue weighted by Gasteiger charge is 2.32. The van der Waals surface area contributed by atoms with Gasteiger partial charge in [-0.1, -0.05) is 69.1 Å². The zero-order valence-corrected chi connectivity index (χ0v) is 21.7. The smallest absolute Gasteiger partial charge is 0.267 e. The second-order valence-corrected chi connectivity index (χ2v) is 10.3. The molecule has 0 saturated carbocycles. The van der Waals surface area contributed by atoms with E-state index >= 15 is 0 Å². The molecule has 1 N–H and O–H groups in total. The number of thiocarbonyl (C=S) groups is 1. The molecule has 1 aliphatic rings. The van der Waals surface area contributed by atoms with Gasteiger partial charge in [-0.3, -0.25) is 18.9 Å². The lowest BCUT2D eigenvalue weighted by Gasteiger charge is -2.14. The fraction of sp³-hybridized carbons (Fsp3) is 0.385. The number of nitrogens with zero attached hydrogens (tertiary/aromatic N) is 3. The van der Waals surface area contributed by atoms with Crippen LogP contribution in [0.3, 0.4) is 0 Å². The number of thioether (sulfide) groups is 1. The summed E-state index contributed by atoms with van der Waals surface area (Å²) < 4.78 is 7.45. The van der Waals surface area contributed by atoms with Crippen molar-refractivity contribution >= 4 is 51.7 Å². The van der Waals surface area contributed by atoms with Crippen LogP contribution < -0.4 is 10.9 Å². The number of amides is 1. The van der Waals surface area contributed by atoms with Crippen molar-refractivity contribution in [2.45, 2.75) is 58.9 Å². The number of anilines is 1. The van der Waals surface area contributed by atoms with Gasteiger partial charge in [0, 0.05) is 12.7 Å². The van der Waals surface area contributed by atoms with E-state index in [4.69, 9.17) is 21.6 Å². The molecule has 0 spiro atoms. The van der Waals surface area contributed by atoms with E-state index in [-0.39, 0.29) is 11.5 Å². The zero-order chi connectivity index (χ0) is 24.8. The van der Waals surface area contributed by atoms with Crippen molar-refractivity contribution in [2.24, 2.45) is 0 Å². The van der Waals surface area contributed by atoms with E-state index in [0.717, 1.165) is 18.4 Å². The summed E-state index contributed by atoms with van der Waals surface area (Å²) in [7, 11) is 0. The van der Waals surface area contributed by atoms with Crippen LogP contribution in [0.15, 0.2) is 50.8 Å². The number of aryl methyl sites for hydroxylation is 1. The predicted molar refractivity (Wildman–Crippen MR) is 145 cm³/mol. The highest BCUT2D eigenvalue weighted by Crippen LogP contribution is 2.33. The molecule has 0 unspecified atom stereocenters. The highest BCUT2D eigenvalue weighted by atomic mass is 32.2.